The zero-order valence-electron chi connectivity index (χ0n) is 10.8. The Morgan fingerprint density at radius 2 is 2.06 bits per heavy atom. The molecule has 96 valence electrons. The lowest BCUT2D eigenvalue weighted by Crippen LogP contribution is -2.36. The fourth-order valence-electron chi connectivity index (χ4n) is 3.39. The van der Waals surface area contributed by atoms with E-state index in [1.165, 1.54) is 19.3 Å². The van der Waals surface area contributed by atoms with Crippen molar-refractivity contribution in [2.75, 3.05) is 13.2 Å². The first-order valence-corrected chi connectivity index (χ1v) is 6.97. The van der Waals surface area contributed by atoms with E-state index in [2.05, 4.69) is 13.0 Å². The predicted octanol–water partition coefficient (Wildman–Crippen LogP) is 3.25. The van der Waals surface area contributed by atoms with Crippen molar-refractivity contribution < 1.29 is 9.47 Å². The summed E-state index contributed by atoms with van der Waals surface area (Å²) in [6, 6.07) is 2.33. The van der Waals surface area contributed by atoms with Crippen LogP contribution in [-0.2, 0) is 9.47 Å². The second kappa shape index (κ2) is 5.84. The van der Waals surface area contributed by atoms with Gasteiger partial charge in [0.25, 0.3) is 0 Å². The van der Waals surface area contributed by atoms with E-state index in [0.29, 0.717) is 18.3 Å². The third-order valence-corrected chi connectivity index (χ3v) is 4.25. The van der Waals surface area contributed by atoms with Gasteiger partial charge in [-0.1, -0.05) is 26.2 Å². The van der Waals surface area contributed by atoms with Gasteiger partial charge in [0.15, 0.2) is 5.79 Å². The van der Waals surface area contributed by atoms with Gasteiger partial charge in [0, 0.05) is 18.8 Å². The molecule has 0 N–H and O–H groups in total. The number of rotatable bonds is 5. The zero-order chi connectivity index (χ0) is 12.1. The lowest BCUT2D eigenvalue weighted by molar-refractivity contribution is -0.187. The summed E-state index contributed by atoms with van der Waals surface area (Å²) in [6.07, 6.45) is 7.62. The van der Waals surface area contributed by atoms with Crippen molar-refractivity contribution in [3.63, 3.8) is 0 Å². The summed E-state index contributed by atoms with van der Waals surface area (Å²) in [5.41, 5.74) is 0. The van der Waals surface area contributed by atoms with E-state index in [9.17, 15) is 0 Å². The molecule has 0 aromatic heterocycles. The SMILES string of the molecule is CCCCCC1C(CC#N)CCC12OCCO2. The Hall–Kier alpha value is -0.590. The summed E-state index contributed by atoms with van der Waals surface area (Å²) in [4.78, 5) is 0. The van der Waals surface area contributed by atoms with Crippen molar-refractivity contribution in [1.29, 1.82) is 5.26 Å². The van der Waals surface area contributed by atoms with Gasteiger partial charge in [-0.25, -0.2) is 0 Å². The first kappa shape index (κ1) is 12.9. The van der Waals surface area contributed by atoms with Crippen molar-refractivity contribution in [3.05, 3.63) is 0 Å². The molecule has 1 saturated carbocycles. The smallest absolute Gasteiger partial charge is 0.171 e. The highest BCUT2D eigenvalue weighted by Crippen LogP contribution is 2.49. The van der Waals surface area contributed by atoms with E-state index in [1.807, 2.05) is 0 Å². The van der Waals surface area contributed by atoms with E-state index >= 15 is 0 Å². The van der Waals surface area contributed by atoms with Crippen LogP contribution in [0, 0.1) is 23.2 Å². The third kappa shape index (κ3) is 2.64. The summed E-state index contributed by atoms with van der Waals surface area (Å²) in [5.74, 6) is 0.598. The van der Waals surface area contributed by atoms with Crippen LogP contribution in [0.1, 0.15) is 51.9 Å². The van der Waals surface area contributed by atoms with Crippen LogP contribution >= 0.6 is 0 Å². The molecular formula is C14H23NO2. The highest BCUT2D eigenvalue weighted by molar-refractivity contribution is 4.97. The van der Waals surface area contributed by atoms with Crippen molar-refractivity contribution >= 4 is 0 Å². The lowest BCUT2D eigenvalue weighted by atomic mass is 9.86. The average Bonchev–Trinajstić information content (AvgIpc) is 2.92. The summed E-state index contributed by atoms with van der Waals surface area (Å²) >= 11 is 0. The van der Waals surface area contributed by atoms with E-state index in [4.69, 9.17) is 14.7 Å². The van der Waals surface area contributed by atoms with Gasteiger partial charge in [-0.2, -0.15) is 5.26 Å². The molecule has 0 aromatic carbocycles. The van der Waals surface area contributed by atoms with Gasteiger partial charge in [0.2, 0.25) is 0 Å². The number of nitriles is 1. The topological polar surface area (TPSA) is 42.2 Å². The first-order chi connectivity index (χ1) is 8.32. The Morgan fingerprint density at radius 1 is 1.29 bits per heavy atom. The predicted molar refractivity (Wildman–Crippen MR) is 65.2 cm³/mol. The van der Waals surface area contributed by atoms with Gasteiger partial charge in [0.1, 0.15) is 0 Å². The molecule has 1 aliphatic carbocycles. The van der Waals surface area contributed by atoms with Crippen LogP contribution in [0.2, 0.25) is 0 Å². The molecule has 1 spiro atoms. The lowest BCUT2D eigenvalue weighted by Gasteiger charge is -2.31. The maximum Gasteiger partial charge on any atom is 0.171 e. The first-order valence-electron chi connectivity index (χ1n) is 6.97. The molecule has 17 heavy (non-hydrogen) atoms. The minimum absolute atomic E-state index is 0.324. The number of ether oxygens (including phenoxy) is 2. The summed E-state index contributed by atoms with van der Waals surface area (Å²) in [6.45, 7) is 3.67. The van der Waals surface area contributed by atoms with Crippen molar-refractivity contribution in [1.82, 2.24) is 0 Å². The number of unbranched alkanes of at least 4 members (excludes halogenated alkanes) is 2. The minimum Gasteiger partial charge on any atom is -0.347 e. The van der Waals surface area contributed by atoms with Crippen molar-refractivity contribution in [2.24, 2.45) is 11.8 Å². The molecule has 1 aliphatic heterocycles. The molecule has 0 bridgehead atoms. The molecule has 3 nitrogen and oxygen atoms in total. The molecule has 2 unspecified atom stereocenters. The van der Waals surface area contributed by atoms with Gasteiger partial charge in [-0.05, 0) is 18.8 Å². The molecule has 2 atom stereocenters. The van der Waals surface area contributed by atoms with Gasteiger partial charge in [-0.15, -0.1) is 0 Å². The fourth-order valence-corrected chi connectivity index (χ4v) is 3.39. The molecule has 1 heterocycles. The van der Waals surface area contributed by atoms with Crippen LogP contribution < -0.4 is 0 Å². The van der Waals surface area contributed by atoms with Crippen LogP contribution in [0.4, 0.5) is 0 Å². The standard InChI is InChI=1S/C14H23NO2/c1-2-3-4-5-13-12(7-9-15)6-8-14(13)16-10-11-17-14/h12-13H,2-8,10-11H2,1H3. The Morgan fingerprint density at radius 3 is 2.71 bits per heavy atom. The van der Waals surface area contributed by atoms with E-state index in [1.54, 1.807) is 0 Å². The summed E-state index contributed by atoms with van der Waals surface area (Å²) in [5, 5.41) is 8.92. The van der Waals surface area contributed by atoms with E-state index < -0.39 is 0 Å². The van der Waals surface area contributed by atoms with Gasteiger partial charge in [-0.3, -0.25) is 0 Å². The van der Waals surface area contributed by atoms with Crippen LogP contribution in [0.15, 0.2) is 0 Å². The summed E-state index contributed by atoms with van der Waals surface area (Å²) < 4.78 is 11.8. The molecule has 0 aromatic rings. The highest BCUT2D eigenvalue weighted by Gasteiger charge is 2.51. The normalized spacial score (nSPS) is 30.8. The maximum absolute atomic E-state index is 8.92. The highest BCUT2D eigenvalue weighted by atomic mass is 16.7. The fraction of sp³-hybridized carbons (Fsp3) is 0.929. The maximum atomic E-state index is 8.92. The Kier molecular flexibility index (Phi) is 4.42. The minimum atomic E-state index is -0.324. The van der Waals surface area contributed by atoms with Crippen LogP contribution in [0.5, 0.6) is 0 Å². The number of hydrogen-bond donors (Lipinski definition) is 0. The second-order valence-electron chi connectivity index (χ2n) is 5.27. The Labute approximate surface area is 104 Å². The molecular weight excluding hydrogens is 214 g/mol. The van der Waals surface area contributed by atoms with Crippen molar-refractivity contribution in [2.45, 2.75) is 57.7 Å². The molecule has 3 heteroatoms. The van der Waals surface area contributed by atoms with Gasteiger partial charge < -0.3 is 9.47 Å². The number of nitrogens with zero attached hydrogens (tertiary/aromatic N) is 1. The Balaban J connectivity index is 1.99. The average molecular weight is 237 g/mol. The van der Waals surface area contributed by atoms with E-state index in [-0.39, 0.29) is 5.79 Å². The molecule has 2 aliphatic rings. The van der Waals surface area contributed by atoms with E-state index in [0.717, 1.165) is 32.5 Å². The van der Waals surface area contributed by atoms with Crippen LogP contribution in [-0.4, -0.2) is 19.0 Å². The molecule has 0 radical (unpaired) electrons. The molecule has 2 rings (SSSR count). The van der Waals surface area contributed by atoms with Gasteiger partial charge in [0.05, 0.1) is 19.3 Å². The Bertz CT molecular complexity index is 278. The third-order valence-electron chi connectivity index (χ3n) is 4.25. The molecule has 0 amide bonds. The van der Waals surface area contributed by atoms with Crippen LogP contribution in [0.25, 0.3) is 0 Å². The van der Waals surface area contributed by atoms with Crippen LogP contribution in [0.3, 0.4) is 0 Å². The molecule has 1 saturated heterocycles. The largest absolute Gasteiger partial charge is 0.347 e. The molecule has 2 fully saturated rings. The second-order valence-corrected chi connectivity index (χ2v) is 5.27. The van der Waals surface area contributed by atoms with Gasteiger partial charge >= 0.3 is 0 Å². The quantitative estimate of drug-likeness (QED) is 0.689. The summed E-state index contributed by atoms with van der Waals surface area (Å²) in [7, 11) is 0. The number of hydrogen-bond acceptors (Lipinski definition) is 3. The monoisotopic (exact) mass is 237 g/mol. The zero-order valence-corrected chi connectivity index (χ0v) is 10.8. The van der Waals surface area contributed by atoms with Crippen molar-refractivity contribution in [3.8, 4) is 6.07 Å².